The second kappa shape index (κ2) is 6.80. The first-order valence-electron chi connectivity index (χ1n) is 7.12. The third-order valence-electron chi connectivity index (χ3n) is 4.09. The average molecular weight is 231 g/mol. The molecular weight excluding hydrogens is 206 g/mol. The zero-order chi connectivity index (χ0) is 11.9. The molecule has 2 N–H and O–H groups in total. The highest BCUT2D eigenvalue weighted by Gasteiger charge is 2.18. The van der Waals surface area contributed by atoms with E-state index in [0.717, 1.165) is 18.9 Å². The van der Waals surface area contributed by atoms with E-state index in [1.807, 2.05) is 0 Å². The molecule has 94 valence electrons. The van der Waals surface area contributed by atoms with Gasteiger partial charge < -0.3 is 5.73 Å². The molecule has 0 spiro atoms. The lowest BCUT2D eigenvalue weighted by Gasteiger charge is -2.26. The molecule has 1 aliphatic carbocycles. The molecule has 1 aromatic carbocycles. The smallest absolute Gasteiger partial charge is 0.00456 e. The highest BCUT2D eigenvalue weighted by atomic mass is 14.5. The van der Waals surface area contributed by atoms with Gasteiger partial charge in [-0.1, -0.05) is 62.4 Å². The molecular formula is C16H25N. The zero-order valence-corrected chi connectivity index (χ0v) is 10.8. The van der Waals surface area contributed by atoms with Gasteiger partial charge in [0.25, 0.3) is 0 Å². The van der Waals surface area contributed by atoms with Crippen molar-refractivity contribution < 1.29 is 0 Å². The Morgan fingerprint density at radius 1 is 1.06 bits per heavy atom. The van der Waals surface area contributed by atoms with Gasteiger partial charge in [-0.25, -0.2) is 0 Å². The van der Waals surface area contributed by atoms with Crippen LogP contribution >= 0.6 is 0 Å². The van der Waals surface area contributed by atoms with Crippen molar-refractivity contribution in [3.63, 3.8) is 0 Å². The van der Waals surface area contributed by atoms with E-state index in [1.165, 1.54) is 44.1 Å². The Bertz CT molecular complexity index is 301. The van der Waals surface area contributed by atoms with Crippen molar-refractivity contribution in [3.8, 4) is 0 Å². The van der Waals surface area contributed by atoms with E-state index >= 15 is 0 Å². The highest BCUT2D eigenvalue weighted by molar-refractivity contribution is 5.15. The normalized spacial score (nSPS) is 19.1. The average Bonchev–Trinajstić information content (AvgIpc) is 2.40. The Kier molecular flexibility index (Phi) is 5.06. The Hall–Kier alpha value is -0.820. The molecule has 1 fully saturated rings. The molecule has 1 atom stereocenters. The van der Waals surface area contributed by atoms with Crippen molar-refractivity contribution >= 4 is 0 Å². The number of nitrogens with two attached hydrogens (primary N) is 1. The molecule has 0 aromatic heterocycles. The Morgan fingerprint density at radius 2 is 1.76 bits per heavy atom. The van der Waals surface area contributed by atoms with Crippen LogP contribution < -0.4 is 5.73 Å². The minimum absolute atomic E-state index is 0.681. The molecule has 0 heterocycles. The molecule has 1 nitrogen and oxygen atoms in total. The van der Waals surface area contributed by atoms with E-state index in [4.69, 9.17) is 5.73 Å². The van der Waals surface area contributed by atoms with E-state index in [0.29, 0.717) is 5.92 Å². The van der Waals surface area contributed by atoms with Crippen molar-refractivity contribution in [2.45, 2.75) is 44.9 Å². The van der Waals surface area contributed by atoms with Gasteiger partial charge in [-0.05, 0) is 36.8 Å². The van der Waals surface area contributed by atoms with E-state index in [9.17, 15) is 0 Å². The van der Waals surface area contributed by atoms with Crippen LogP contribution in [0.3, 0.4) is 0 Å². The maximum absolute atomic E-state index is 5.94. The lowest BCUT2D eigenvalue weighted by Crippen LogP contribution is -2.21. The third-order valence-corrected chi connectivity index (χ3v) is 4.09. The first-order chi connectivity index (χ1) is 8.38. The number of benzene rings is 1. The fourth-order valence-electron chi connectivity index (χ4n) is 3.10. The van der Waals surface area contributed by atoms with Crippen LogP contribution in [-0.4, -0.2) is 6.54 Å². The van der Waals surface area contributed by atoms with Crippen LogP contribution in [-0.2, 0) is 6.42 Å². The lowest BCUT2D eigenvalue weighted by atomic mass is 9.81. The van der Waals surface area contributed by atoms with Gasteiger partial charge in [0.1, 0.15) is 0 Å². The maximum Gasteiger partial charge on any atom is -0.00456 e. The fraction of sp³-hybridized carbons (Fsp3) is 0.625. The number of rotatable bonds is 5. The minimum atomic E-state index is 0.681. The molecule has 1 aliphatic rings. The van der Waals surface area contributed by atoms with Gasteiger partial charge in [-0.2, -0.15) is 0 Å². The van der Waals surface area contributed by atoms with Crippen LogP contribution in [0.25, 0.3) is 0 Å². The summed E-state index contributed by atoms with van der Waals surface area (Å²) >= 11 is 0. The van der Waals surface area contributed by atoms with Crippen LogP contribution in [0.15, 0.2) is 30.3 Å². The Labute approximate surface area is 105 Å². The van der Waals surface area contributed by atoms with E-state index in [1.54, 1.807) is 0 Å². The lowest BCUT2D eigenvalue weighted by molar-refractivity contribution is 0.289. The van der Waals surface area contributed by atoms with Crippen LogP contribution in [0.1, 0.15) is 44.1 Å². The van der Waals surface area contributed by atoms with Gasteiger partial charge in [-0.15, -0.1) is 0 Å². The second-order valence-corrected chi connectivity index (χ2v) is 5.53. The van der Waals surface area contributed by atoms with Gasteiger partial charge in [0.05, 0.1) is 0 Å². The van der Waals surface area contributed by atoms with Crippen molar-refractivity contribution in [1.82, 2.24) is 0 Å². The number of hydrogen-bond donors (Lipinski definition) is 1. The molecule has 0 bridgehead atoms. The van der Waals surface area contributed by atoms with Crippen molar-refractivity contribution in [2.24, 2.45) is 17.6 Å². The Morgan fingerprint density at radius 3 is 2.41 bits per heavy atom. The second-order valence-electron chi connectivity index (χ2n) is 5.53. The monoisotopic (exact) mass is 231 g/mol. The summed E-state index contributed by atoms with van der Waals surface area (Å²) in [6, 6.07) is 10.8. The van der Waals surface area contributed by atoms with Gasteiger partial charge >= 0.3 is 0 Å². The molecule has 0 saturated heterocycles. The third kappa shape index (κ3) is 4.16. The van der Waals surface area contributed by atoms with Crippen LogP contribution in [0.5, 0.6) is 0 Å². The summed E-state index contributed by atoms with van der Waals surface area (Å²) in [6.45, 7) is 0.839. The summed E-state index contributed by atoms with van der Waals surface area (Å²) < 4.78 is 0. The molecule has 2 rings (SSSR count). The summed E-state index contributed by atoms with van der Waals surface area (Å²) in [6.07, 6.45) is 9.69. The first-order valence-corrected chi connectivity index (χ1v) is 7.12. The molecule has 1 aromatic rings. The standard InChI is InChI=1S/C16H25N/c17-13-16(11-14-7-3-1-4-8-14)12-15-9-5-2-6-10-15/h1,3-4,7-8,15-16H,2,5-6,9-13,17H2. The Balaban J connectivity index is 1.83. The molecule has 17 heavy (non-hydrogen) atoms. The van der Waals surface area contributed by atoms with Crippen LogP contribution in [0.4, 0.5) is 0 Å². The quantitative estimate of drug-likeness (QED) is 0.820. The minimum Gasteiger partial charge on any atom is -0.330 e. The van der Waals surface area contributed by atoms with E-state index in [-0.39, 0.29) is 0 Å². The summed E-state index contributed by atoms with van der Waals surface area (Å²) in [5.74, 6) is 1.63. The summed E-state index contributed by atoms with van der Waals surface area (Å²) in [7, 11) is 0. The van der Waals surface area contributed by atoms with Crippen LogP contribution in [0.2, 0.25) is 0 Å². The molecule has 1 unspecified atom stereocenters. The summed E-state index contributed by atoms with van der Waals surface area (Å²) in [5.41, 5.74) is 7.38. The predicted octanol–water partition coefficient (Wildman–Crippen LogP) is 3.77. The van der Waals surface area contributed by atoms with E-state index < -0.39 is 0 Å². The fourth-order valence-corrected chi connectivity index (χ4v) is 3.10. The van der Waals surface area contributed by atoms with Crippen LogP contribution in [0, 0.1) is 11.8 Å². The van der Waals surface area contributed by atoms with Gasteiger partial charge in [0, 0.05) is 0 Å². The largest absolute Gasteiger partial charge is 0.330 e. The first kappa shape index (κ1) is 12.6. The highest BCUT2D eigenvalue weighted by Crippen LogP contribution is 2.29. The molecule has 1 heteroatoms. The maximum atomic E-state index is 5.94. The summed E-state index contributed by atoms with van der Waals surface area (Å²) in [5, 5.41) is 0. The van der Waals surface area contributed by atoms with Gasteiger partial charge in [0.15, 0.2) is 0 Å². The van der Waals surface area contributed by atoms with E-state index in [2.05, 4.69) is 30.3 Å². The predicted molar refractivity (Wildman–Crippen MR) is 73.9 cm³/mol. The summed E-state index contributed by atoms with van der Waals surface area (Å²) in [4.78, 5) is 0. The molecule has 0 aliphatic heterocycles. The molecule has 1 saturated carbocycles. The van der Waals surface area contributed by atoms with Crippen molar-refractivity contribution in [1.29, 1.82) is 0 Å². The van der Waals surface area contributed by atoms with Gasteiger partial charge in [0.2, 0.25) is 0 Å². The number of hydrogen-bond acceptors (Lipinski definition) is 1. The SMILES string of the molecule is NCC(Cc1ccccc1)CC1CCCCC1. The van der Waals surface area contributed by atoms with Crippen molar-refractivity contribution in [2.75, 3.05) is 6.54 Å². The zero-order valence-electron chi connectivity index (χ0n) is 10.8. The molecule has 0 radical (unpaired) electrons. The molecule has 0 amide bonds. The topological polar surface area (TPSA) is 26.0 Å². The van der Waals surface area contributed by atoms with Crippen molar-refractivity contribution in [3.05, 3.63) is 35.9 Å². The van der Waals surface area contributed by atoms with Gasteiger partial charge in [-0.3, -0.25) is 0 Å².